The zero-order valence-electron chi connectivity index (χ0n) is 14.1. The zero-order valence-corrected chi connectivity index (χ0v) is 14.1. The summed E-state index contributed by atoms with van der Waals surface area (Å²) in [4.78, 5) is 12.0. The van der Waals surface area contributed by atoms with Gasteiger partial charge in [0.1, 0.15) is 11.6 Å². The molecule has 1 amide bonds. The summed E-state index contributed by atoms with van der Waals surface area (Å²) in [5.41, 5.74) is 1.08. The molecule has 7 heteroatoms. The van der Waals surface area contributed by atoms with Gasteiger partial charge in [0.25, 0.3) is 0 Å². The summed E-state index contributed by atoms with van der Waals surface area (Å²) >= 11 is 0. The van der Waals surface area contributed by atoms with E-state index in [9.17, 15) is 9.18 Å². The number of amides is 1. The number of hydrogen-bond acceptors (Lipinski definition) is 5. The Balaban J connectivity index is 1.62. The van der Waals surface area contributed by atoms with Crippen molar-refractivity contribution in [1.29, 1.82) is 0 Å². The second-order valence-corrected chi connectivity index (χ2v) is 5.45. The predicted molar refractivity (Wildman–Crippen MR) is 97.0 cm³/mol. The number of ether oxygens (including phenoxy) is 1. The highest BCUT2D eigenvalue weighted by molar-refractivity contribution is 5.91. The summed E-state index contributed by atoms with van der Waals surface area (Å²) in [7, 11) is 1.58. The molecular weight excluding hydrogens is 335 g/mol. The van der Waals surface area contributed by atoms with E-state index in [1.54, 1.807) is 37.4 Å². The highest BCUT2D eigenvalue weighted by Gasteiger charge is 2.09. The Hall–Kier alpha value is -3.48. The summed E-state index contributed by atoms with van der Waals surface area (Å²) in [5, 5.41) is 13.7. The Morgan fingerprint density at radius 1 is 1.00 bits per heavy atom. The molecule has 0 fully saturated rings. The predicted octanol–water partition coefficient (Wildman–Crippen LogP) is 3.55. The SMILES string of the molecule is COc1ccccc1Nc1ccc(NC(=O)Cc2ccccc2F)nn1. The number of halogens is 1. The number of methoxy groups -OCH3 is 1. The molecule has 0 aliphatic heterocycles. The van der Waals surface area contributed by atoms with Crippen LogP contribution in [0.2, 0.25) is 0 Å². The first-order valence-electron chi connectivity index (χ1n) is 7.93. The molecule has 0 aliphatic rings. The average Bonchev–Trinajstić information content (AvgIpc) is 2.66. The fourth-order valence-electron chi connectivity index (χ4n) is 2.35. The lowest BCUT2D eigenvalue weighted by atomic mass is 10.1. The second-order valence-electron chi connectivity index (χ2n) is 5.45. The van der Waals surface area contributed by atoms with Crippen molar-refractivity contribution in [2.24, 2.45) is 0 Å². The molecule has 0 saturated carbocycles. The van der Waals surface area contributed by atoms with Crippen LogP contribution >= 0.6 is 0 Å². The van der Waals surface area contributed by atoms with Crippen LogP contribution in [0.1, 0.15) is 5.56 Å². The van der Waals surface area contributed by atoms with Crippen LogP contribution < -0.4 is 15.4 Å². The van der Waals surface area contributed by atoms with Gasteiger partial charge in [-0.25, -0.2) is 4.39 Å². The molecule has 0 aliphatic carbocycles. The Kier molecular flexibility index (Phi) is 5.38. The van der Waals surface area contributed by atoms with Gasteiger partial charge in [0.05, 0.1) is 19.2 Å². The number of aromatic nitrogens is 2. The van der Waals surface area contributed by atoms with Crippen molar-refractivity contribution in [2.45, 2.75) is 6.42 Å². The molecule has 132 valence electrons. The van der Waals surface area contributed by atoms with E-state index in [2.05, 4.69) is 20.8 Å². The molecule has 1 heterocycles. The number of nitrogens with zero attached hydrogens (tertiary/aromatic N) is 2. The van der Waals surface area contributed by atoms with Crippen molar-refractivity contribution in [3.05, 3.63) is 72.0 Å². The third kappa shape index (κ3) is 4.32. The van der Waals surface area contributed by atoms with Crippen molar-refractivity contribution < 1.29 is 13.9 Å². The molecule has 0 unspecified atom stereocenters. The molecular formula is C19H17FN4O2. The van der Waals surface area contributed by atoms with Crippen molar-refractivity contribution in [3.8, 4) is 5.75 Å². The fourth-order valence-corrected chi connectivity index (χ4v) is 2.35. The molecule has 0 spiro atoms. The minimum atomic E-state index is -0.412. The quantitative estimate of drug-likeness (QED) is 0.709. The molecule has 3 aromatic rings. The summed E-state index contributed by atoms with van der Waals surface area (Å²) < 4.78 is 18.8. The van der Waals surface area contributed by atoms with E-state index in [0.29, 0.717) is 17.1 Å². The van der Waals surface area contributed by atoms with Gasteiger partial charge in [-0.1, -0.05) is 30.3 Å². The van der Waals surface area contributed by atoms with Crippen LogP contribution in [0.4, 0.5) is 21.7 Å². The Morgan fingerprint density at radius 3 is 2.42 bits per heavy atom. The van der Waals surface area contributed by atoms with Crippen LogP contribution in [-0.4, -0.2) is 23.2 Å². The van der Waals surface area contributed by atoms with Gasteiger partial charge >= 0.3 is 0 Å². The second kappa shape index (κ2) is 8.06. The van der Waals surface area contributed by atoms with Gasteiger partial charge in [-0.05, 0) is 35.9 Å². The number of hydrogen-bond donors (Lipinski definition) is 2. The first-order chi connectivity index (χ1) is 12.7. The zero-order chi connectivity index (χ0) is 18.4. The van der Waals surface area contributed by atoms with Gasteiger partial charge < -0.3 is 15.4 Å². The lowest BCUT2D eigenvalue weighted by molar-refractivity contribution is -0.115. The van der Waals surface area contributed by atoms with Gasteiger partial charge in [-0.15, -0.1) is 10.2 Å². The number of benzene rings is 2. The third-order valence-corrected chi connectivity index (χ3v) is 3.61. The van der Waals surface area contributed by atoms with Gasteiger partial charge in [-0.2, -0.15) is 0 Å². The summed E-state index contributed by atoms with van der Waals surface area (Å²) in [5.74, 6) is 0.690. The molecule has 3 rings (SSSR count). The molecule has 0 saturated heterocycles. The number of nitrogens with one attached hydrogen (secondary N) is 2. The minimum absolute atomic E-state index is 0.0738. The summed E-state index contributed by atoms with van der Waals surface area (Å²) in [6, 6.07) is 16.9. The fraction of sp³-hybridized carbons (Fsp3) is 0.105. The standard InChI is InChI=1S/C19H17FN4O2/c1-26-16-9-5-4-8-15(16)21-17-10-11-18(24-23-17)22-19(25)12-13-6-2-3-7-14(13)20/h2-11H,12H2,1H3,(H,21,23)(H,22,24,25). The molecule has 0 radical (unpaired) electrons. The van der Waals surface area contributed by atoms with Gasteiger partial charge in [-0.3, -0.25) is 4.79 Å². The van der Waals surface area contributed by atoms with Crippen LogP contribution in [0.3, 0.4) is 0 Å². The first kappa shape index (κ1) is 17.3. The number of carbonyl (C=O) groups excluding carboxylic acids is 1. The van der Waals surface area contributed by atoms with E-state index in [-0.39, 0.29) is 18.1 Å². The van der Waals surface area contributed by atoms with E-state index in [4.69, 9.17) is 4.74 Å². The van der Waals surface area contributed by atoms with Crippen LogP contribution in [0.25, 0.3) is 0 Å². The molecule has 26 heavy (non-hydrogen) atoms. The molecule has 0 atom stereocenters. The average molecular weight is 352 g/mol. The van der Waals surface area contributed by atoms with E-state index in [1.807, 2.05) is 24.3 Å². The van der Waals surface area contributed by atoms with Gasteiger partial charge in [0, 0.05) is 0 Å². The number of carbonyl (C=O) groups is 1. The smallest absolute Gasteiger partial charge is 0.230 e. The summed E-state index contributed by atoms with van der Waals surface area (Å²) in [6.07, 6.45) is -0.0738. The van der Waals surface area contributed by atoms with Crippen molar-refractivity contribution >= 4 is 23.2 Å². The third-order valence-electron chi connectivity index (χ3n) is 3.61. The highest BCUT2D eigenvalue weighted by Crippen LogP contribution is 2.26. The van der Waals surface area contributed by atoms with Crippen molar-refractivity contribution in [3.63, 3.8) is 0 Å². The monoisotopic (exact) mass is 352 g/mol. The van der Waals surface area contributed by atoms with E-state index < -0.39 is 5.82 Å². The van der Waals surface area contributed by atoms with Crippen LogP contribution in [0, 0.1) is 5.82 Å². The maximum absolute atomic E-state index is 13.6. The van der Waals surface area contributed by atoms with Crippen molar-refractivity contribution in [1.82, 2.24) is 10.2 Å². The molecule has 2 aromatic carbocycles. The lowest BCUT2D eigenvalue weighted by Gasteiger charge is -2.10. The van der Waals surface area contributed by atoms with Crippen LogP contribution in [-0.2, 0) is 11.2 Å². The molecule has 6 nitrogen and oxygen atoms in total. The maximum Gasteiger partial charge on any atom is 0.230 e. The normalized spacial score (nSPS) is 10.2. The van der Waals surface area contributed by atoms with Gasteiger partial charge in [0.2, 0.25) is 5.91 Å². The highest BCUT2D eigenvalue weighted by atomic mass is 19.1. The van der Waals surface area contributed by atoms with Gasteiger partial charge in [0.15, 0.2) is 11.6 Å². The Bertz CT molecular complexity index is 900. The van der Waals surface area contributed by atoms with Crippen molar-refractivity contribution in [2.75, 3.05) is 17.7 Å². The van der Waals surface area contributed by atoms with E-state index in [1.165, 1.54) is 6.07 Å². The maximum atomic E-state index is 13.6. The first-order valence-corrected chi connectivity index (χ1v) is 7.93. The Labute approximate surface area is 150 Å². The molecule has 0 bridgehead atoms. The van der Waals surface area contributed by atoms with E-state index >= 15 is 0 Å². The summed E-state index contributed by atoms with van der Waals surface area (Å²) in [6.45, 7) is 0. The van der Waals surface area contributed by atoms with E-state index in [0.717, 1.165) is 5.69 Å². The number of para-hydroxylation sites is 2. The minimum Gasteiger partial charge on any atom is -0.495 e. The van der Waals surface area contributed by atoms with Crippen LogP contribution in [0.15, 0.2) is 60.7 Å². The Morgan fingerprint density at radius 2 is 1.69 bits per heavy atom. The number of rotatable bonds is 6. The largest absolute Gasteiger partial charge is 0.495 e. The number of anilines is 3. The topological polar surface area (TPSA) is 76.1 Å². The lowest BCUT2D eigenvalue weighted by Crippen LogP contribution is -2.16. The molecule has 2 N–H and O–H groups in total. The molecule has 1 aromatic heterocycles. The van der Waals surface area contributed by atoms with Crippen LogP contribution in [0.5, 0.6) is 5.75 Å².